The molecule has 0 aromatic rings. The highest BCUT2D eigenvalue weighted by molar-refractivity contribution is 9.12. The Kier molecular flexibility index (Phi) is 22.1. The smallest absolute Gasteiger partial charge is 0.0106 e. The summed E-state index contributed by atoms with van der Waals surface area (Å²) in [6, 6.07) is 0. The van der Waals surface area contributed by atoms with Crippen LogP contribution in [-0.2, 0) is 0 Å². The molecule has 0 atom stereocenters. The van der Waals surface area contributed by atoms with Gasteiger partial charge in [-0.15, -0.1) is 0 Å². The van der Waals surface area contributed by atoms with E-state index in [1.54, 1.807) is 0 Å². The van der Waals surface area contributed by atoms with E-state index in [2.05, 4.69) is 33.6 Å². The lowest BCUT2D eigenvalue weighted by atomic mass is 10.0. The summed E-state index contributed by atoms with van der Waals surface area (Å²) in [6.45, 7) is 2.29. The maximum atomic E-state index is 3.14. The second kappa shape index (κ2) is 22.0. The van der Waals surface area contributed by atoms with Gasteiger partial charge in [0.1, 0.15) is 0 Å². The SMILES string of the molecule is CCCCCCCCCCCCCCCCCCCCC#CBr. The predicted molar refractivity (Wildman–Crippen MR) is 110 cm³/mol. The Morgan fingerprint density at radius 3 is 1.09 bits per heavy atom. The molecule has 0 nitrogen and oxygen atoms in total. The van der Waals surface area contributed by atoms with Crippen molar-refractivity contribution in [3.8, 4) is 10.8 Å². The third-order valence-electron chi connectivity index (χ3n) is 4.72. The molecule has 0 aliphatic carbocycles. The van der Waals surface area contributed by atoms with Crippen molar-refractivity contribution in [3.63, 3.8) is 0 Å². The van der Waals surface area contributed by atoms with E-state index >= 15 is 0 Å². The van der Waals surface area contributed by atoms with Crippen LogP contribution in [0.5, 0.6) is 0 Å². The van der Waals surface area contributed by atoms with Gasteiger partial charge in [0.05, 0.1) is 0 Å². The number of unbranched alkanes of at least 4 members (excludes halogenated alkanes) is 18. The molecule has 0 N–H and O–H groups in total. The highest BCUT2D eigenvalue weighted by Gasteiger charge is 1.94. The fourth-order valence-corrected chi connectivity index (χ4v) is 3.36. The Morgan fingerprint density at radius 1 is 0.478 bits per heavy atom. The van der Waals surface area contributed by atoms with E-state index in [1.807, 2.05) is 0 Å². The molecule has 0 unspecified atom stereocenters. The molecule has 0 radical (unpaired) electrons. The lowest BCUT2D eigenvalue weighted by Gasteiger charge is -2.03. The van der Waals surface area contributed by atoms with E-state index in [0.717, 1.165) is 6.42 Å². The van der Waals surface area contributed by atoms with Crippen molar-refractivity contribution in [2.24, 2.45) is 0 Å². The molecule has 0 rings (SSSR count). The first-order valence-electron chi connectivity index (χ1n) is 10.5. The van der Waals surface area contributed by atoms with E-state index in [0.29, 0.717) is 0 Å². The minimum atomic E-state index is 1.06. The topological polar surface area (TPSA) is 0 Å². The van der Waals surface area contributed by atoms with Crippen molar-refractivity contribution in [2.45, 2.75) is 129 Å². The van der Waals surface area contributed by atoms with Gasteiger partial charge in [-0.2, -0.15) is 0 Å². The van der Waals surface area contributed by atoms with Gasteiger partial charge in [-0.05, 0) is 11.3 Å². The summed E-state index contributed by atoms with van der Waals surface area (Å²) in [6.07, 6.45) is 27.0. The molecule has 0 bridgehead atoms. The summed E-state index contributed by atoms with van der Waals surface area (Å²) in [5, 5.41) is 0. The van der Waals surface area contributed by atoms with Crippen molar-refractivity contribution in [3.05, 3.63) is 0 Å². The summed E-state index contributed by atoms with van der Waals surface area (Å²) in [5.74, 6) is 3.07. The van der Waals surface area contributed by atoms with Crippen molar-refractivity contribution in [1.82, 2.24) is 0 Å². The number of halogens is 1. The van der Waals surface area contributed by atoms with Gasteiger partial charge in [0.25, 0.3) is 0 Å². The quantitative estimate of drug-likeness (QED) is 0.163. The molecular formula is C22H41Br. The van der Waals surface area contributed by atoms with Crippen LogP contribution in [0.4, 0.5) is 0 Å². The van der Waals surface area contributed by atoms with Crippen LogP contribution in [0.25, 0.3) is 0 Å². The van der Waals surface area contributed by atoms with Crippen molar-refractivity contribution >= 4 is 15.9 Å². The number of hydrogen-bond donors (Lipinski definition) is 0. The summed E-state index contributed by atoms with van der Waals surface area (Å²) < 4.78 is 0. The van der Waals surface area contributed by atoms with Crippen LogP contribution in [0.15, 0.2) is 0 Å². The molecule has 0 aromatic heterocycles. The average Bonchev–Trinajstić information content (AvgIpc) is 2.57. The van der Waals surface area contributed by atoms with Crippen LogP contribution in [0.1, 0.15) is 129 Å². The van der Waals surface area contributed by atoms with E-state index in [4.69, 9.17) is 0 Å². The molecule has 0 saturated carbocycles. The maximum absolute atomic E-state index is 3.14. The van der Waals surface area contributed by atoms with Crippen molar-refractivity contribution in [1.29, 1.82) is 0 Å². The van der Waals surface area contributed by atoms with Crippen LogP contribution < -0.4 is 0 Å². The predicted octanol–water partition coefficient (Wildman–Crippen LogP) is 8.77. The fourth-order valence-electron chi connectivity index (χ4n) is 3.16. The van der Waals surface area contributed by atoms with Gasteiger partial charge in [0, 0.05) is 22.4 Å². The Balaban J connectivity index is 2.95. The zero-order valence-electron chi connectivity index (χ0n) is 15.8. The van der Waals surface area contributed by atoms with Gasteiger partial charge in [-0.3, -0.25) is 0 Å². The molecule has 0 aliphatic heterocycles. The third-order valence-corrected chi connectivity index (χ3v) is 5.00. The Hall–Kier alpha value is 0.0400. The zero-order chi connectivity index (χ0) is 16.8. The highest BCUT2D eigenvalue weighted by Crippen LogP contribution is 2.14. The summed E-state index contributed by atoms with van der Waals surface area (Å²) in [4.78, 5) is 2.79. The molecule has 23 heavy (non-hydrogen) atoms. The molecule has 0 amide bonds. The Labute approximate surface area is 155 Å². The van der Waals surface area contributed by atoms with Crippen molar-refractivity contribution < 1.29 is 0 Å². The summed E-state index contributed by atoms with van der Waals surface area (Å²) >= 11 is 3.14. The first-order valence-corrected chi connectivity index (χ1v) is 11.3. The van der Waals surface area contributed by atoms with Crippen LogP contribution >= 0.6 is 15.9 Å². The van der Waals surface area contributed by atoms with Crippen LogP contribution in [-0.4, -0.2) is 0 Å². The fraction of sp³-hybridized carbons (Fsp3) is 0.909. The Bertz CT molecular complexity index is 261. The van der Waals surface area contributed by atoms with E-state index < -0.39 is 0 Å². The van der Waals surface area contributed by atoms with Gasteiger partial charge in [-0.25, -0.2) is 0 Å². The third kappa shape index (κ3) is 22.0. The highest BCUT2D eigenvalue weighted by atomic mass is 79.9. The molecule has 0 heterocycles. The zero-order valence-corrected chi connectivity index (χ0v) is 17.4. The molecular weight excluding hydrogens is 344 g/mol. The van der Waals surface area contributed by atoms with Crippen molar-refractivity contribution in [2.75, 3.05) is 0 Å². The number of hydrogen-bond acceptors (Lipinski definition) is 0. The van der Waals surface area contributed by atoms with E-state index in [-0.39, 0.29) is 0 Å². The first-order chi connectivity index (χ1) is 11.4. The first kappa shape index (κ1) is 23.0. The second-order valence-electron chi connectivity index (χ2n) is 7.03. The molecule has 0 aliphatic rings. The lowest BCUT2D eigenvalue weighted by molar-refractivity contribution is 0.525. The molecule has 0 saturated heterocycles. The average molecular weight is 385 g/mol. The number of rotatable bonds is 18. The minimum absolute atomic E-state index is 1.06. The summed E-state index contributed by atoms with van der Waals surface area (Å²) in [7, 11) is 0. The van der Waals surface area contributed by atoms with Crippen LogP contribution in [0.2, 0.25) is 0 Å². The minimum Gasteiger partial charge on any atom is -0.0908 e. The van der Waals surface area contributed by atoms with Crippen LogP contribution in [0, 0.1) is 10.8 Å². The second-order valence-corrected chi connectivity index (χ2v) is 7.43. The van der Waals surface area contributed by atoms with Gasteiger partial charge >= 0.3 is 0 Å². The molecule has 0 spiro atoms. The normalized spacial score (nSPS) is 10.5. The molecule has 136 valence electrons. The van der Waals surface area contributed by atoms with Gasteiger partial charge in [0.2, 0.25) is 0 Å². The lowest BCUT2D eigenvalue weighted by Crippen LogP contribution is -1.84. The molecule has 0 fully saturated rings. The molecule has 0 aromatic carbocycles. The van der Waals surface area contributed by atoms with Gasteiger partial charge in [0.15, 0.2) is 0 Å². The molecule has 1 heteroatoms. The largest absolute Gasteiger partial charge is 0.0908 e. The van der Waals surface area contributed by atoms with Gasteiger partial charge in [-0.1, -0.05) is 122 Å². The standard InChI is InChI=1S/C22H41Br/c1-2-3-4-5-6-7-8-9-10-11-12-13-14-15-16-17-18-19-20-21-22-23/h2-20H2,1H3. The summed E-state index contributed by atoms with van der Waals surface area (Å²) in [5.41, 5.74) is 0. The monoisotopic (exact) mass is 384 g/mol. The van der Waals surface area contributed by atoms with Gasteiger partial charge < -0.3 is 0 Å². The Morgan fingerprint density at radius 2 is 0.783 bits per heavy atom. The maximum Gasteiger partial charge on any atom is 0.0106 e. The van der Waals surface area contributed by atoms with Crippen LogP contribution in [0.3, 0.4) is 0 Å². The van der Waals surface area contributed by atoms with E-state index in [1.165, 1.54) is 116 Å². The van der Waals surface area contributed by atoms with E-state index in [9.17, 15) is 0 Å².